The predicted octanol–water partition coefficient (Wildman–Crippen LogP) is 1.81. The molecule has 0 saturated carbocycles. The molecule has 1 aliphatic heterocycles. The summed E-state index contributed by atoms with van der Waals surface area (Å²) in [6.45, 7) is 4.83. The van der Waals surface area contributed by atoms with Crippen LogP contribution in [-0.4, -0.2) is 9.52 Å². The molecule has 0 spiro atoms. The summed E-state index contributed by atoms with van der Waals surface area (Å²) >= 11 is 0. The fraction of sp³-hybridized carbons (Fsp3) is 1.00. The van der Waals surface area contributed by atoms with Crippen LogP contribution in [-0.2, 0) is 0 Å². The molecule has 1 heteroatoms. The SMILES string of the molecule is CC1CCC(C)[SiH2]C1. The smallest absolute Gasteiger partial charge is 0.0231 e. The lowest BCUT2D eigenvalue weighted by Crippen LogP contribution is -2.12. The second kappa shape index (κ2) is 2.67. The minimum absolute atomic E-state index is 0.385. The zero-order valence-corrected chi connectivity index (χ0v) is 7.40. The van der Waals surface area contributed by atoms with Crippen LogP contribution in [0.2, 0.25) is 11.6 Å². The van der Waals surface area contributed by atoms with Crippen LogP contribution in [0, 0.1) is 5.92 Å². The monoisotopic (exact) mass is 128 g/mol. The minimum Gasteiger partial charge on any atom is -0.0654 e. The van der Waals surface area contributed by atoms with E-state index < -0.39 is 0 Å². The van der Waals surface area contributed by atoms with Crippen molar-refractivity contribution in [1.82, 2.24) is 0 Å². The molecule has 1 aliphatic rings. The summed E-state index contributed by atoms with van der Waals surface area (Å²) < 4.78 is 0. The van der Waals surface area contributed by atoms with Gasteiger partial charge in [0.2, 0.25) is 0 Å². The maximum Gasteiger partial charge on any atom is 0.0231 e. The van der Waals surface area contributed by atoms with Gasteiger partial charge in [-0.1, -0.05) is 38.3 Å². The summed E-state index contributed by atoms with van der Waals surface area (Å²) in [5, 5.41) is 0. The van der Waals surface area contributed by atoms with Crippen molar-refractivity contribution in [3.63, 3.8) is 0 Å². The van der Waals surface area contributed by atoms with Crippen molar-refractivity contribution in [2.45, 2.75) is 38.3 Å². The van der Waals surface area contributed by atoms with Crippen LogP contribution in [0.1, 0.15) is 26.7 Å². The predicted molar refractivity (Wildman–Crippen MR) is 41.2 cm³/mol. The normalized spacial score (nSPS) is 42.8. The second-order valence-corrected chi connectivity index (χ2v) is 5.91. The van der Waals surface area contributed by atoms with Gasteiger partial charge in [-0.25, -0.2) is 0 Å². The molecule has 1 fully saturated rings. The van der Waals surface area contributed by atoms with Gasteiger partial charge in [0, 0.05) is 9.52 Å². The molecule has 0 aromatic rings. The van der Waals surface area contributed by atoms with Crippen LogP contribution in [0.3, 0.4) is 0 Å². The van der Waals surface area contributed by atoms with E-state index in [1.165, 1.54) is 12.8 Å². The lowest BCUT2D eigenvalue weighted by molar-refractivity contribution is 0.516. The Morgan fingerprint density at radius 3 is 2.38 bits per heavy atom. The fourth-order valence-corrected chi connectivity index (χ4v) is 3.38. The molecular formula is C7H16Si. The first-order chi connectivity index (χ1) is 3.79. The standard InChI is InChI=1S/C7H16Si/c1-6-3-4-7(2)8-5-6/h6-7H,3-5,8H2,1-2H3. The van der Waals surface area contributed by atoms with Gasteiger partial charge in [-0.2, -0.15) is 0 Å². The van der Waals surface area contributed by atoms with Gasteiger partial charge in [0.25, 0.3) is 0 Å². The quantitative estimate of drug-likeness (QED) is 0.436. The molecule has 0 nitrogen and oxygen atoms in total. The number of hydrogen-bond acceptors (Lipinski definition) is 0. The average molecular weight is 128 g/mol. The van der Waals surface area contributed by atoms with Crippen LogP contribution in [0.15, 0.2) is 0 Å². The Kier molecular flexibility index (Phi) is 2.12. The summed E-state index contributed by atoms with van der Waals surface area (Å²) in [5.41, 5.74) is 1.16. The Morgan fingerprint density at radius 1 is 1.25 bits per heavy atom. The van der Waals surface area contributed by atoms with E-state index in [4.69, 9.17) is 0 Å². The first kappa shape index (κ1) is 6.34. The number of rotatable bonds is 0. The Morgan fingerprint density at radius 2 is 2.00 bits per heavy atom. The molecule has 1 heterocycles. The first-order valence-electron chi connectivity index (χ1n) is 3.79. The van der Waals surface area contributed by atoms with E-state index >= 15 is 0 Å². The van der Waals surface area contributed by atoms with Crippen molar-refractivity contribution < 1.29 is 0 Å². The third kappa shape index (κ3) is 1.62. The Bertz CT molecular complexity index is 52.8. The van der Waals surface area contributed by atoms with Crippen molar-refractivity contribution in [2.24, 2.45) is 5.92 Å². The summed E-state index contributed by atoms with van der Waals surface area (Å²) in [7, 11) is 0.385. The van der Waals surface area contributed by atoms with Crippen LogP contribution in [0.4, 0.5) is 0 Å². The Balaban J connectivity index is 2.19. The van der Waals surface area contributed by atoms with Gasteiger partial charge in [0.05, 0.1) is 0 Å². The van der Waals surface area contributed by atoms with Crippen molar-refractivity contribution in [3.8, 4) is 0 Å². The molecule has 0 aromatic carbocycles. The molecule has 1 saturated heterocycles. The molecular weight excluding hydrogens is 112 g/mol. The maximum absolute atomic E-state index is 2.43. The topological polar surface area (TPSA) is 0 Å². The van der Waals surface area contributed by atoms with E-state index in [0.717, 1.165) is 11.5 Å². The molecule has 0 radical (unpaired) electrons. The van der Waals surface area contributed by atoms with E-state index in [9.17, 15) is 0 Å². The molecule has 0 aliphatic carbocycles. The zero-order chi connectivity index (χ0) is 5.98. The zero-order valence-electron chi connectivity index (χ0n) is 5.98. The van der Waals surface area contributed by atoms with Gasteiger partial charge in [0.1, 0.15) is 0 Å². The van der Waals surface area contributed by atoms with Gasteiger partial charge in [0.15, 0.2) is 0 Å². The van der Waals surface area contributed by atoms with Gasteiger partial charge in [-0.3, -0.25) is 0 Å². The van der Waals surface area contributed by atoms with E-state index in [-0.39, 0.29) is 0 Å². The van der Waals surface area contributed by atoms with Crippen LogP contribution < -0.4 is 0 Å². The first-order valence-corrected chi connectivity index (χ1v) is 5.60. The Hall–Kier alpha value is 0.217. The molecule has 2 unspecified atom stereocenters. The summed E-state index contributed by atoms with van der Waals surface area (Å²) in [5.74, 6) is 1.08. The van der Waals surface area contributed by atoms with Crippen LogP contribution >= 0.6 is 0 Å². The fourth-order valence-electron chi connectivity index (χ4n) is 1.43. The molecule has 0 N–H and O–H groups in total. The minimum atomic E-state index is 0.385. The van der Waals surface area contributed by atoms with E-state index in [2.05, 4.69) is 13.8 Å². The van der Waals surface area contributed by atoms with Crippen molar-refractivity contribution in [3.05, 3.63) is 0 Å². The van der Waals surface area contributed by atoms with Crippen molar-refractivity contribution >= 4 is 9.52 Å². The van der Waals surface area contributed by atoms with Crippen molar-refractivity contribution in [1.29, 1.82) is 0 Å². The number of hydrogen-bond donors (Lipinski definition) is 0. The highest BCUT2D eigenvalue weighted by Crippen LogP contribution is 2.26. The highest BCUT2D eigenvalue weighted by Gasteiger charge is 2.13. The van der Waals surface area contributed by atoms with E-state index in [1.54, 1.807) is 6.04 Å². The van der Waals surface area contributed by atoms with Crippen molar-refractivity contribution in [2.75, 3.05) is 0 Å². The highest BCUT2D eigenvalue weighted by molar-refractivity contribution is 6.37. The van der Waals surface area contributed by atoms with E-state index in [0.29, 0.717) is 9.52 Å². The molecule has 1 rings (SSSR count). The summed E-state index contributed by atoms with van der Waals surface area (Å²) in [6.07, 6.45) is 3.04. The van der Waals surface area contributed by atoms with Crippen LogP contribution in [0.25, 0.3) is 0 Å². The molecule has 48 valence electrons. The molecule has 0 bridgehead atoms. The maximum atomic E-state index is 2.43. The molecule has 0 aromatic heterocycles. The van der Waals surface area contributed by atoms with Gasteiger partial charge in [-0.15, -0.1) is 0 Å². The molecule has 8 heavy (non-hydrogen) atoms. The van der Waals surface area contributed by atoms with Gasteiger partial charge >= 0.3 is 0 Å². The lowest BCUT2D eigenvalue weighted by Gasteiger charge is -2.21. The second-order valence-electron chi connectivity index (χ2n) is 3.37. The highest BCUT2D eigenvalue weighted by atomic mass is 28.2. The van der Waals surface area contributed by atoms with Crippen LogP contribution in [0.5, 0.6) is 0 Å². The summed E-state index contributed by atoms with van der Waals surface area (Å²) in [4.78, 5) is 0. The third-order valence-electron chi connectivity index (χ3n) is 2.30. The van der Waals surface area contributed by atoms with E-state index in [1.807, 2.05) is 0 Å². The largest absolute Gasteiger partial charge is 0.0654 e. The van der Waals surface area contributed by atoms with Gasteiger partial charge in [-0.05, 0) is 5.92 Å². The molecule has 2 atom stereocenters. The molecule has 0 amide bonds. The summed E-state index contributed by atoms with van der Waals surface area (Å²) in [6, 6.07) is 1.61. The lowest BCUT2D eigenvalue weighted by atomic mass is 10.1. The third-order valence-corrected chi connectivity index (χ3v) is 5.02. The average Bonchev–Trinajstić information content (AvgIpc) is 1.77. The van der Waals surface area contributed by atoms with Gasteiger partial charge < -0.3 is 0 Å². The Labute approximate surface area is 54.5 Å².